The highest BCUT2D eigenvalue weighted by Crippen LogP contribution is 2.26. The second-order valence-corrected chi connectivity index (χ2v) is 8.41. The first kappa shape index (κ1) is 24.3. The third-order valence-electron chi connectivity index (χ3n) is 6.10. The number of nitrogens with zero attached hydrogens (tertiary/aromatic N) is 3. The second kappa shape index (κ2) is 11.1. The Hall–Kier alpha value is -3.85. The number of piperazine rings is 1. The highest BCUT2D eigenvalue weighted by Gasteiger charge is 2.24. The van der Waals surface area contributed by atoms with E-state index in [9.17, 15) is 9.59 Å². The number of carbonyl (C=O) groups excluding carboxylic acids is 2. The van der Waals surface area contributed by atoms with Crippen molar-refractivity contribution in [2.45, 2.75) is 6.92 Å². The zero-order valence-electron chi connectivity index (χ0n) is 20.3. The fourth-order valence-electron chi connectivity index (χ4n) is 4.23. The molecule has 0 unspecified atom stereocenters. The molecule has 2 N–H and O–H groups in total. The summed E-state index contributed by atoms with van der Waals surface area (Å²) in [6, 6.07) is 14.6. The van der Waals surface area contributed by atoms with Crippen LogP contribution in [-0.4, -0.2) is 80.2 Å². The van der Waals surface area contributed by atoms with Crippen LogP contribution in [0.3, 0.4) is 0 Å². The van der Waals surface area contributed by atoms with E-state index in [4.69, 9.17) is 9.47 Å². The number of amides is 3. The van der Waals surface area contributed by atoms with E-state index >= 15 is 0 Å². The van der Waals surface area contributed by atoms with Crippen LogP contribution in [-0.2, 0) is 0 Å². The molecule has 0 saturated carbocycles. The molecule has 0 bridgehead atoms. The Morgan fingerprint density at radius 3 is 2.51 bits per heavy atom. The maximum absolute atomic E-state index is 13.0. The van der Waals surface area contributed by atoms with Crippen LogP contribution < -0.4 is 20.1 Å². The van der Waals surface area contributed by atoms with Gasteiger partial charge in [-0.05, 0) is 31.2 Å². The van der Waals surface area contributed by atoms with Gasteiger partial charge >= 0.3 is 6.03 Å². The van der Waals surface area contributed by atoms with E-state index in [0.29, 0.717) is 43.2 Å². The number of carbonyl (C=O) groups is 2. The van der Waals surface area contributed by atoms with Gasteiger partial charge in [0.15, 0.2) is 0 Å². The van der Waals surface area contributed by atoms with Gasteiger partial charge in [0.25, 0.3) is 5.91 Å². The molecule has 3 aromatic rings. The molecule has 35 heavy (non-hydrogen) atoms. The number of ether oxygens (including phenoxy) is 2. The molecule has 9 heteroatoms. The zero-order valence-corrected chi connectivity index (χ0v) is 20.3. The molecule has 1 aliphatic rings. The Morgan fingerprint density at radius 1 is 1.00 bits per heavy atom. The minimum atomic E-state index is -0.249. The van der Waals surface area contributed by atoms with Crippen LogP contribution in [0.25, 0.3) is 10.9 Å². The molecule has 1 aromatic heterocycles. The molecule has 3 amide bonds. The summed E-state index contributed by atoms with van der Waals surface area (Å²) in [5, 5.41) is 6.77. The summed E-state index contributed by atoms with van der Waals surface area (Å²) in [7, 11) is 3.13. The van der Waals surface area contributed by atoms with Crippen molar-refractivity contribution in [3.05, 3.63) is 59.8 Å². The molecule has 1 fully saturated rings. The molecule has 1 aliphatic heterocycles. The van der Waals surface area contributed by atoms with E-state index in [-0.39, 0.29) is 11.9 Å². The molecule has 0 aliphatic carbocycles. The Balaban J connectivity index is 1.24. The van der Waals surface area contributed by atoms with Crippen LogP contribution in [0, 0.1) is 6.92 Å². The van der Waals surface area contributed by atoms with Gasteiger partial charge in [0.1, 0.15) is 11.5 Å². The number of fused-ring (bicyclic) bond motifs is 1. The van der Waals surface area contributed by atoms with Gasteiger partial charge in [0, 0.05) is 56.4 Å². The minimum absolute atomic E-state index is 0.0541. The maximum Gasteiger partial charge on any atom is 0.319 e. The smallest absolute Gasteiger partial charge is 0.319 e. The monoisotopic (exact) mass is 477 g/mol. The number of nitrogens with one attached hydrogen (secondary N) is 2. The van der Waals surface area contributed by atoms with Gasteiger partial charge < -0.3 is 25.0 Å². The SMILES string of the molecule is COc1ccc(C(=O)N2CCN(CCNC(=O)Nc3cc(C)nc4ccccc34)CC2)c(OC)c1. The summed E-state index contributed by atoms with van der Waals surface area (Å²) in [5.41, 5.74) is 2.96. The lowest BCUT2D eigenvalue weighted by atomic mass is 10.1. The molecule has 2 aromatic carbocycles. The third kappa shape index (κ3) is 5.81. The fraction of sp³-hybridized carbons (Fsp3) is 0.346. The molecule has 4 rings (SSSR count). The van der Waals surface area contributed by atoms with Crippen LogP contribution in [0.1, 0.15) is 16.1 Å². The highest BCUT2D eigenvalue weighted by molar-refractivity contribution is 6.00. The number of hydrogen-bond donors (Lipinski definition) is 2. The van der Waals surface area contributed by atoms with E-state index in [1.807, 2.05) is 42.2 Å². The lowest BCUT2D eigenvalue weighted by molar-refractivity contribution is 0.0636. The minimum Gasteiger partial charge on any atom is -0.497 e. The van der Waals surface area contributed by atoms with Crippen LogP contribution in [0.2, 0.25) is 0 Å². The van der Waals surface area contributed by atoms with Crippen LogP contribution in [0.5, 0.6) is 11.5 Å². The Morgan fingerprint density at radius 2 is 1.77 bits per heavy atom. The molecular formula is C26H31N5O4. The predicted molar refractivity (Wildman–Crippen MR) is 135 cm³/mol. The van der Waals surface area contributed by atoms with Crippen LogP contribution in [0.4, 0.5) is 10.5 Å². The average molecular weight is 478 g/mol. The third-order valence-corrected chi connectivity index (χ3v) is 6.10. The van der Waals surface area contributed by atoms with Crippen molar-refractivity contribution < 1.29 is 19.1 Å². The molecule has 0 atom stereocenters. The standard InChI is InChI=1S/C26H31N5O4/c1-18-16-23(20-6-4-5-7-22(20)28-18)29-26(33)27-10-11-30-12-14-31(15-13-30)25(32)21-9-8-19(34-2)17-24(21)35-3/h4-9,16-17H,10-15H2,1-3H3,(H2,27,28,29,33). The molecule has 1 saturated heterocycles. The number of anilines is 1. The largest absolute Gasteiger partial charge is 0.497 e. The number of hydrogen-bond acceptors (Lipinski definition) is 6. The maximum atomic E-state index is 13.0. The predicted octanol–water partition coefficient (Wildman–Crippen LogP) is 3.14. The van der Waals surface area contributed by atoms with E-state index < -0.39 is 0 Å². The number of urea groups is 1. The number of pyridine rings is 1. The second-order valence-electron chi connectivity index (χ2n) is 8.41. The number of methoxy groups -OCH3 is 2. The Kier molecular flexibility index (Phi) is 7.67. The first-order chi connectivity index (χ1) is 17.0. The van der Waals surface area contributed by atoms with Gasteiger partial charge in [-0.25, -0.2) is 4.79 Å². The van der Waals surface area contributed by atoms with Crippen molar-refractivity contribution in [2.75, 3.05) is 58.8 Å². The highest BCUT2D eigenvalue weighted by atomic mass is 16.5. The number of benzene rings is 2. The summed E-state index contributed by atoms with van der Waals surface area (Å²) >= 11 is 0. The van der Waals surface area contributed by atoms with E-state index in [2.05, 4.69) is 20.5 Å². The number of rotatable bonds is 7. The van der Waals surface area contributed by atoms with Gasteiger partial charge in [-0.1, -0.05) is 18.2 Å². The van der Waals surface area contributed by atoms with Gasteiger partial charge in [-0.3, -0.25) is 14.7 Å². The molecule has 0 spiro atoms. The number of aromatic nitrogens is 1. The number of aryl methyl sites for hydroxylation is 1. The summed E-state index contributed by atoms with van der Waals surface area (Å²) in [6.45, 7) is 5.82. The molecule has 9 nitrogen and oxygen atoms in total. The lowest BCUT2D eigenvalue weighted by Crippen LogP contribution is -2.50. The van der Waals surface area contributed by atoms with Crippen molar-refractivity contribution in [1.29, 1.82) is 0 Å². The summed E-state index contributed by atoms with van der Waals surface area (Å²) in [6.07, 6.45) is 0. The van der Waals surface area contributed by atoms with Gasteiger partial charge in [-0.15, -0.1) is 0 Å². The first-order valence-corrected chi connectivity index (χ1v) is 11.6. The van der Waals surface area contributed by atoms with Crippen molar-refractivity contribution in [1.82, 2.24) is 20.1 Å². The van der Waals surface area contributed by atoms with Crippen molar-refractivity contribution in [3.8, 4) is 11.5 Å². The Bertz CT molecular complexity index is 1210. The van der Waals surface area contributed by atoms with Gasteiger partial charge in [0.05, 0.1) is 31.0 Å². The summed E-state index contributed by atoms with van der Waals surface area (Å²) in [5.74, 6) is 1.10. The summed E-state index contributed by atoms with van der Waals surface area (Å²) in [4.78, 5) is 34.0. The topological polar surface area (TPSA) is 96.0 Å². The Labute approximate surface area is 205 Å². The number of para-hydroxylation sites is 1. The van der Waals surface area contributed by atoms with Crippen LogP contribution in [0.15, 0.2) is 48.5 Å². The van der Waals surface area contributed by atoms with Gasteiger partial charge in [-0.2, -0.15) is 0 Å². The normalized spacial score (nSPS) is 14.0. The molecule has 184 valence electrons. The average Bonchev–Trinajstić information content (AvgIpc) is 2.88. The quantitative estimate of drug-likeness (QED) is 0.543. The lowest BCUT2D eigenvalue weighted by Gasteiger charge is -2.35. The van der Waals surface area contributed by atoms with Crippen molar-refractivity contribution in [2.24, 2.45) is 0 Å². The summed E-state index contributed by atoms with van der Waals surface area (Å²) < 4.78 is 10.6. The van der Waals surface area contributed by atoms with Crippen molar-refractivity contribution >= 4 is 28.5 Å². The fourth-order valence-corrected chi connectivity index (χ4v) is 4.23. The van der Waals surface area contributed by atoms with Crippen LogP contribution >= 0.6 is 0 Å². The van der Waals surface area contributed by atoms with Crippen molar-refractivity contribution in [3.63, 3.8) is 0 Å². The van der Waals surface area contributed by atoms with E-state index in [0.717, 1.165) is 35.4 Å². The first-order valence-electron chi connectivity index (χ1n) is 11.6. The molecule has 2 heterocycles. The molecular weight excluding hydrogens is 446 g/mol. The molecule has 0 radical (unpaired) electrons. The van der Waals surface area contributed by atoms with Gasteiger partial charge in [0.2, 0.25) is 0 Å². The van der Waals surface area contributed by atoms with E-state index in [1.165, 1.54) is 0 Å². The zero-order chi connectivity index (χ0) is 24.8. The van der Waals surface area contributed by atoms with E-state index in [1.54, 1.807) is 32.4 Å².